The minimum absolute atomic E-state index is 0.280. The summed E-state index contributed by atoms with van der Waals surface area (Å²) in [5.41, 5.74) is 2.81. The molecule has 2 N–H and O–H groups in total. The summed E-state index contributed by atoms with van der Waals surface area (Å²) in [6.07, 6.45) is 0. The first kappa shape index (κ1) is 21.6. The normalized spacial score (nSPS) is 10.5. The lowest BCUT2D eigenvalue weighted by Crippen LogP contribution is -2.20. The van der Waals surface area contributed by atoms with Gasteiger partial charge in [0, 0.05) is 10.4 Å². The lowest BCUT2D eigenvalue weighted by Gasteiger charge is -2.13. The van der Waals surface area contributed by atoms with E-state index in [0.29, 0.717) is 31.4 Å². The summed E-state index contributed by atoms with van der Waals surface area (Å²) in [4.78, 5) is 13.7. The molecule has 150 valence electrons. The average Bonchev–Trinajstić information content (AvgIpc) is 3.02. The van der Waals surface area contributed by atoms with Gasteiger partial charge in [-0.2, -0.15) is 0 Å². The Morgan fingerprint density at radius 1 is 1.10 bits per heavy atom. The highest BCUT2D eigenvalue weighted by atomic mass is 35.5. The van der Waals surface area contributed by atoms with Crippen LogP contribution in [0.1, 0.15) is 22.2 Å². The van der Waals surface area contributed by atoms with Crippen molar-refractivity contribution in [3.63, 3.8) is 0 Å². The third kappa shape index (κ3) is 4.90. The number of esters is 1. The lowest BCUT2D eigenvalue weighted by molar-refractivity contribution is 0.0529. The molecule has 0 radical (unpaired) electrons. The number of halogens is 2. The number of rotatable bonds is 5. The fraction of sp³-hybridized carbons (Fsp3) is 0.143. The quantitative estimate of drug-likeness (QED) is 0.313. The molecule has 8 heteroatoms. The zero-order valence-electron chi connectivity index (χ0n) is 15.7. The van der Waals surface area contributed by atoms with Crippen LogP contribution in [0.4, 0.5) is 10.7 Å². The van der Waals surface area contributed by atoms with E-state index in [1.54, 1.807) is 25.1 Å². The van der Waals surface area contributed by atoms with Crippen molar-refractivity contribution in [1.82, 2.24) is 0 Å². The largest absolute Gasteiger partial charge is 0.462 e. The number of benzene rings is 2. The molecule has 0 fully saturated rings. The number of nitrogens with one attached hydrogen (secondary N) is 2. The van der Waals surface area contributed by atoms with Crippen LogP contribution < -0.4 is 10.6 Å². The van der Waals surface area contributed by atoms with E-state index in [1.807, 2.05) is 37.3 Å². The minimum Gasteiger partial charge on any atom is -0.462 e. The zero-order chi connectivity index (χ0) is 21.0. The summed E-state index contributed by atoms with van der Waals surface area (Å²) in [6, 6.07) is 15.0. The van der Waals surface area contributed by atoms with Gasteiger partial charge in [0.05, 0.1) is 22.3 Å². The predicted molar refractivity (Wildman–Crippen MR) is 127 cm³/mol. The van der Waals surface area contributed by atoms with Crippen molar-refractivity contribution in [2.24, 2.45) is 0 Å². The SMILES string of the molecule is CCOC(=O)c1c(NC(=S)Nc2cccc(Cl)c2Cl)sc(C)c1-c1ccccc1. The van der Waals surface area contributed by atoms with E-state index in [1.165, 1.54) is 11.3 Å². The van der Waals surface area contributed by atoms with Gasteiger partial charge in [0.1, 0.15) is 10.6 Å². The Labute approximate surface area is 188 Å². The highest BCUT2D eigenvalue weighted by molar-refractivity contribution is 7.80. The molecule has 0 saturated carbocycles. The second-order valence-electron chi connectivity index (χ2n) is 6.00. The molecule has 2 aromatic carbocycles. The van der Waals surface area contributed by atoms with Gasteiger partial charge >= 0.3 is 5.97 Å². The Hall–Kier alpha value is -2.12. The fourth-order valence-corrected chi connectivity index (χ4v) is 4.53. The van der Waals surface area contributed by atoms with Crippen LogP contribution >= 0.6 is 46.8 Å². The summed E-state index contributed by atoms with van der Waals surface area (Å²) >= 11 is 19.1. The summed E-state index contributed by atoms with van der Waals surface area (Å²) in [7, 11) is 0. The van der Waals surface area contributed by atoms with Crippen LogP contribution in [0.3, 0.4) is 0 Å². The number of anilines is 2. The molecule has 4 nitrogen and oxygen atoms in total. The van der Waals surface area contributed by atoms with Crippen LogP contribution in [-0.2, 0) is 4.74 Å². The van der Waals surface area contributed by atoms with E-state index < -0.39 is 5.97 Å². The van der Waals surface area contributed by atoms with Gasteiger partial charge in [-0.1, -0.05) is 59.6 Å². The summed E-state index contributed by atoms with van der Waals surface area (Å²) in [6.45, 7) is 4.02. The van der Waals surface area contributed by atoms with Gasteiger partial charge in [0.2, 0.25) is 0 Å². The Balaban J connectivity index is 1.95. The number of thiocarbonyl (C=S) groups is 1. The molecule has 0 aliphatic carbocycles. The van der Waals surface area contributed by atoms with Gasteiger partial charge in [-0.05, 0) is 43.8 Å². The number of carbonyl (C=O) groups excluding carboxylic acids is 1. The first-order valence-electron chi connectivity index (χ1n) is 8.80. The number of ether oxygens (including phenoxy) is 1. The number of carbonyl (C=O) groups is 1. The molecule has 3 rings (SSSR count). The van der Waals surface area contributed by atoms with Gasteiger partial charge in [0.15, 0.2) is 5.11 Å². The maximum absolute atomic E-state index is 12.8. The molecule has 0 unspecified atom stereocenters. The van der Waals surface area contributed by atoms with E-state index >= 15 is 0 Å². The van der Waals surface area contributed by atoms with E-state index in [4.69, 9.17) is 40.2 Å². The first-order valence-corrected chi connectivity index (χ1v) is 10.8. The van der Waals surface area contributed by atoms with Crippen molar-refractivity contribution < 1.29 is 9.53 Å². The fourth-order valence-electron chi connectivity index (χ4n) is 2.84. The monoisotopic (exact) mass is 464 g/mol. The van der Waals surface area contributed by atoms with Gasteiger partial charge < -0.3 is 15.4 Å². The van der Waals surface area contributed by atoms with E-state index in [0.717, 1.165) is 16.0 Å². The third-order valence-corrected chi connectivity index (χ3v) is 6.10. The second kappa shape index (κ2) is 9.59. The van der Waals surface area contributed by atoms with Crippen LogP contribution in [0.5, 0.6) is 0 Å². The van der Waals surface area contributed by atoms with Crippen LogP contribution in [-0.4, -0.2) is 17.7 Å². The number of aryl methyl sites for hydroxylation is 1. The summed E-state index contributed by atoms with van der Waals surface area (Å²) in [5, 5.41) is 7.83. The minimum atomic E-state index is -0.401. The third-order valence-electron chi connectivity index (χ3n) is 4.05. The van der Waals surface area contributed by atoms with Crippen molar-refractivity contribution in [1.29, 1.82) is 0 Å². The Bertz CT molecular complexity index is 1050. The second-order valence-corrected chi connectivity index (χ2v) is 8.42. The van der Waals surface area contributed by atoms with Gasteiger partial charge in [-0.3, -0.25) is 0 Å². The molecule has 1 aromatic heterocycles. The van der Waals surface area contributed by atoms with E-state index in [9.17, 15) is 4.79 Å². The van der Waals surface area contributed by atoms with Crippen molar-refractivity contribution in [3.05, 3.63) is 69.0 Å². The summed E-state index contributed by atoms with van der Waals surface area (Å²) in [5.74, 6) is -0.401. The van der Waals surface area contributed by atoms with Crippen molar-refractivity contribution >= 4 is 68.5 Å². The molecule has 0 spiro atoms. The first-order chi connectivity index (χ1) is 13.9. The molecule has 0 bridgehead atoms. The molecule has 0 aliphatic rings. The molecular weight excluding hydrogens is 447 g/mol. The zero-order valence-corrected chi connectivity index (χ0v) is 18.9. The number of hydrogen-bond acceptors (Lipinski definition) is 4. The predicted octanol–water partition coefficient (Wildman–Crippen LogP) is 7.02. The molecule has 0 aliphatic heterocycles. The molecule has 1 heterocycles. The Morgan fingerprint density at radius 3 is 2.52 bits per heavy atom. The van der Waals surface area contributed by atoms with Crippen LogP contribution in [0, 0.1) is 6.92 Å². The molecule has 0 atom stereocenters. The van der Waals surface area contributed by atoms with Gasteiger partial charge in [-0.25, -0.2) is 4.79 Å². The highest BCUT2D eigenvalue weighted by Crippen LogP contribution is 2.40. The highest BCUT2D eigenvalue weighted by Gasteiger charge is 2.25. The van der Waals surface area contributed by atoms with Crippen LogP contribution in [0.15, 0.2) is 48.5 Å². The molecule has 0 saturated heterocycles. The standard InChI is InChI=1S/C21H18Cl2N2O2S2/c1-3-27-20(26)17-16(13-8-5-4-6-9-13)12(2)29-19(17)25-21(28)24-15-11-7-10-14(22)18(15)23/h4-11H,3H2,1-2H3,(H2,24,25,28). The average molecular weight is 465 g/mol. The molecular formula is C21H18Cl2N2O2S2. The van der Waals surface area contributed by atoms with Crippen LogP contribution in [0.2, 0.25) is 10.0 Å². The van der Waals surface area contributed by atoms with Crippen molar-refractivity contribution in [2.45, 2.75) is 13.8 Å². The molecule has 29 heavy (non-hydrogen) atoms. The number of thiophene rings is 1. The van der Waals surface area contributed by atoms with Gasteiger partial charge in [0.25, 0.3) is 0 Å². The maximum Gasteiger partial charge on any atom is 0.341 e. The van der Waals surface area contributed by atoms with Crippen molar-refractivity contribution in [2.75, 3.05) is 17.2 Å². The maximum atomic E-state index is 12.8. The van der Waals surface area contributed by atoms with Gasteiger partial charge in [-0.15, -0.1) is 11.3 Å². The molecule has 3 aromatic rings. The lowest BCUT2D eigenvalue weighted by atomic mass is 10.0. The van der Waals surface area contributed by atoms with Crippen LogP contribution in [0.25, 0.3) is 11.1 Å². The van der Waals surface area contributed by atoms with E-state index in [2.05, 4.69) is 10.6 Å². The Morgan fingerprint density at radius 2 is 1.83 bits per heavy atom. The smallest absolute Gasteiger partial charge is 0.341 e. The topological polar surface area (TPSA) is 50.4 Å². The summed E-state index contributed by atoms with van der Waals surface area (Å²) < 4.78 is 5.30. The van der Waals surface area contributed by atoms with E-state index in [-0.39, 0.29) is 6.61 Å². The number of hydrogen-bond donors (Lipinski definition) is 2. The van der Waals surface area contributed by atoms with Crippen molar-refractivity contribution in [3.8, 4) is 11.1 Å². The molecule has 0 amide bonds. The Kier molecular flexibility index (Phi) is 7.14.